The zero-order chi connectivity index (χ0) is 16.1. The van der Waals surface area contributed by atoms with Gasteiger partial charge in [-0.3, -0.25) is 9.59 Å². The van der Waals surface area contributed by atoms with Gasteiger partial charge in [-0.2, -0.15) is 0 Å². The number of amides is 2. The topological polar surface area (TPSA) is 40.6 Å². The third-order valence-electron chi connectivity index (χ3n) is 4.06. The van der Waals surface area contributed by atoms with Crippen molar-refractivity contribution >= 4 is 23.2 Å². The highest BCUT2D eigenvalue weighted by Gasteiger charge is 2.22. The van der Waals surface area contributed by atoms with Crippen LogP contribution in [-0.2, 0) is 11.2 Å². The quantitative estimate of drug-likeness (QED) is 0.869. The Hall–Kier alpha value is -2.14. The first kappa shape index (κ1) is 15.7. The van der Waals surface area contributed by atoms with E-state index in [2.05, 4.69) is 0 Å². The number of hydrogen-bond donors (Lipinski definition) is 0. The summed E-state index contributed by atoms with van der Waals surface area (Å²) in [6.07, 6.45) is 1.29. The van der Waals surface area contributed by atoms with Gasteiger partial charge in [-0.15, -0.1) is 11.3 Å². The standard InChI is InChI=1S/C18H20N2O2S/c21-17(14-16-8-4-13-23-16)19-9-5-10-20(12-11-19)18(22)15-6-2-1-3-7-15/h1-4,6-8,13H,5,9-12,14H2. The van der Waals surface area contributed by atoms with Crippen LogP contribution in [0.15, 0.2) is 47.8 Å². The van der Waals surface area contributed by atoms with E-state index in [-0.39, 0.29) is 11.8 Å². The molecular weight excluding hydrogens is 308 g/mol. The van der Waals surface area contributed by atoms with Crippen molar-refractivity contribution in [2.24, 2.45) is 0 Å². The third-order valence-corrected chi connectivity index (χ3v) is 4.94. The molecule has 2 amide bonds. The van der Waals surface area contributed by atoms with Gasteiger partial charge in [0.25, 0.3) is 5.91 Å². The second-order valence-corrected chi connectivity index (χ2v) is 6.68. The number of nitrogens with zero attached hydrogens (tertiary/aromatic N) is 2. The van der Waals surface area contributed by atoms with Crippen LogP contribution in [0, 0.1) is 0 Å². The van der Waals surface area contributed by atoms with Crippen molar-refractivity contribution in [1.82, 2.24) is 9.80 Å². The molecule has 0 bridgehead atoms. The molecule has 1 fully saturated rings. The summed E-state index contributed by atoms with van der Waals surface area (Å²) in [5.74, 6) is 0.208. The molecule has 2 heterocycles. The average Bonchev–Trinajstić information content (AvgIpc) is 2.96. The van der Waals surface area contributed by atoms with E-state index in [1.54, 1.807) is 11.3 Å². The van der Waals surface area contributed by atoms with Gasteiger partial charge < -0.3 is 9.80 Å². The predicted octanol–water partition coefficient (Wildman–Crippen LogP) is 2.67. The van der Waals surface area contributed by atoms with Gasteiger partial charge in [0.2, 0.25) is 5.91 Å². The van der Waals surface area contributed by atoms with Gasteiger partial charge in [-0.25, -0.2) is 0 Å². The van der Waals surface area contributed by atoms with E-state index < -0.39 is 0 Å². The Morgan fingerprint density at radius 3 is 2.39 bits per heavy atom. The molecule has 1 saturated heterocycles. The summed E-state index contributed by atoms with van der Waals surface area (Å²) >= 11 is 1.61. The summed E-state index contributed by atoms with van der Waals surface area (Å²) < 4.78 is 0. The van der Waals surface area contributed by atoms with Gasteiger partial charge in [-0.05, 0) is 30.0 Å². The van der Waals surface area contributed by atoms with Crippen LogP contribution in [0.1, 0.15) is 21.7 Å². The van der Waals surface area contributed by atoms with Gasteiger partial charge >= 0.3 is 0 Å². The fourth-order valence-corrected chi connectivity index (χ4v) is 3.50. The highest BCUT2D eigenvalue weighted by Crippen LogP contribution is 2.13. The molecule has 1 aromatic carbocycles. The SMILES string of the molecule is O=C(Cc1cccs1)N1CCCN(C(=O)c2ccccc2)CC1. The Balaban J connectivity index is 1.59. The predicted molar refractivity (Wildman–Crippen MR) is 91.6 cm³/mol. The zero-order valence-electron chi connectivity index (χ0n) is 13.0. The van der Waals surface area contributed by atoms with Crippen molar-refractivity contribution in [3.63, 3.8) is 0 Å². The summed E-state index contributed by atoms with van der Waals surface area (Å²) in [7, 11) is 0. The second-order valence-electron chi connectivity index (χ2n) is 5.65. The van der Waals surface area contributed by atoms with Gasteiger partial charge in [-0.1, -0.05) is 24.3 Å². The Morgan fingerprint density at radius 1 is 0.913 bits per heavy atom. The summed E-state index contributed by atoms with van der Waals surface area (Å²) in [5, 5.41) is 1.99. The smallest absolute Gasteiger partial charge is 0.253 e. The summed E-state index contributed by atoms with van der Waals surface area (Å²) in [4.78, 5) is 29.7. The van der Waals surface area contributed by atoms with Crippen LogP contribution in [0.25, 0.3) is 0 Å². The van der Waals surface area contributed by atoms with E-state index in [0.717, 1.165) is 17.8 Å². The number of carbonyl (C=O) groups excluding carboxylic acids is 2. The van der Waals surface area contributed by atoms with Crippen LogP contribution in [0.3, 0.4) is 0 Å². The first-order valence-corrected chi connectivity index (χ1v) is 8.76. The molecule has 5 heteroatoms. The summed E-state index contributed by atoms with van der Waals surface area (Å²) in [6, 6.07) is 13.3. The molecule has 0 N–H and O–H groups in total. The van der Waals surface area contributed by atoms with Crippen molar-refractivity contribution in [1.29, 1.82) is 0 Å². The third kappa shape index (κ3) is 3.99. The molecule has 120 valence electrons. The van der Waals surface area contributed by atoms with Crippen LogP contribution >= 0.6 is 11.3 Å². The fourth-order valence-electron chi connectivity index (χ4n) is 2.81. The molecular formula is C18H20N2O2S. The lowest BCUT2D eigenvalue weighted by atomic mass is 10.2. The van der Waals surface area contributed by atoms with Gasteiger partial charge in [0.15, 0.2) is 0 Å². The van der Waals surface area contributed by atoms with E-state index in [4.69, 9.17) is 0 Å². The monoisotopic (exact) mass is 328 g/mol. The van der Waals surface area contributed by atoms with Crippen LogP contribution < -0.4 is 0 Å². The maximum absolute atomic E-state index is 12.5. The molecule has 0 atom stereocenters. The Kier molecular flexibility index (Phi) is 5.08. The Bertz CT molecular complexity index is 655. The van der Waals surface area contributed by atoms with Crippen molar-refractivity contribution in [3.05, 3.63) is 58.3 Å². The molecule has 1 aliphatic rings. The van der Waals surface area contributed by atoms with Gasteiger partial charge in [0.1, 0.15) is 0 Å². The van der Waals surface area contributed by atoms with E-state index in [1.165, 1.54) is 0 Å². The number of thiophene rings is 1. The normalized spacial score (nSPS) is 15.3. The average molecular weight is 328 g/mol. The maximum atomic E-state index is 12.5. The van der Waals surface area contributed by atoms with E-state index in [1.807, 2.05) is 57.6 Å². The van der Waals surface area contributed by atoms with Crippen LogP contribution in [0.5, 0.6) is 0 Å². The molecule has 23 heavy (non-hydrogen) atoms. The largest absolute Gasteiger partial charge is 0.341 e. The Morgan fingerprint density at radius 2 is 1.65 bits per heavy atom. The van der Waals surface area contributed by atoms with E-state index >= 15 is 0 Å². The number of benzene rings is 1. The van der Waals surface area contributed by atoms with Crippen molar-refractivity contribution in [2.75, 3.05) is 26.2 Å². The molecule has 3 rings (SSSR count). The van der Waals surface area contributed by atoms with Crippen LogP contribution in [0.4, 0.5) is 0 Å². The number of rotatable bonds is 3. The summed E-state index contributed by atoms with van der Waals surface area (Å²) in [5.41, 5.74) is 0.714. The lowest BCUT2D eigenvalue weighted by Gasteiger charge is -2.22. The Labute approximate surface area is 140 Å². The minimum atomic E-state index is 0.0538. The molecule has 2 aromatic rings. The first-order valence-electron chi connectivity index (χ1n) is 7.88. The maximum Gasteiger partial charge on any atom is 0.253 e. The highest BCUT2D eigenvalue weighted by atomic mass is 32.1. The van der Waals surface area contributed by atoms with E-state index in [0.29, 0.717) is 31.6 Å². The molecule has 0 spiro atoms. The van der Waals surface area contributed by atoms with Crippen molar-refractivity contribution < 1.29 is 9.59 Å². The molecule has 1 aromatic heterocycles. The zero-order valence-corrected chi connectivity index (χ0v) is 13.8. The first-order chi connectivity index (χ1) is 11.2. The molecule has 1 aliphatic heterocycles. The molecule has 0 unspecified atom stereocenters. The van der Waals surface area contributed by atoms with Crippen LogP contribution in [0.2, 0.25) is 0 Å². The van der Waals surface area contributed by atoms with Crippen LogP contribution in [-0.4, -0.2) is 47.8 Å². The van der Waals surface area contributed by atoms with Crippen molar-refractivity contribution in [2.45, 2.75) is 12.8 Å². The molecule has 0 saturated carbocycles. The lowest BCUT2D eigenvalue weighted by molar-refractivity contribution is -0.130. The number of hydrogen-bond acceptors (Lipinski definition) is 3. The van der Waals surface area contributed by atoms with Gasteiger partial charge in [0.05, 0.1) is 6.42 Å². The lowest BCUT2D eigenvalue weighted by Crippen LogP contribution is -2.37. The molecule has 0 radical (unpaired) electrons. The second kappa shape index (κ2) is 7.42. The highest BCUT2D eigenvalue weighted by molar-refractivity contribution is 7.10. The fraction of sp³-hybridized carbons (Fsp3) is 0.333. The molecule has 0 aliphatic carbocycles. The van der Waals surface area contributed by atoms with E-state index in [9.17, 15) is 9.59 Å². The number of carbonyl (C=O) groups is 2. The molecule has 4 nitrogen and oxygen atoms in total. The van der Waals surface area contributed by atoms with Crippen molar-refractivity contribution in [3.8, 4) is 0 Å². The van der Waals surface area contributed by atoms with Gasteiger partial charge in [0, 0.05) is 36.6 Å². The summed E-state index contributed by atoms with van der Waals surface area (Å²) in [6.45, 7) is 2.64. The minimum Gasteiger partial charge on any atom is -0.341 e. The minimum absolute atomic E-state index is 0.0538.